The Labute approximate surface area is 423 Å². The number of carbonyl (C=O) groups excluding carboxylic acids is 2. The Morgan fingerprint density at radius 1 is 0.892 bits per heavy atom. The monoisotopic (exact) mass is 1130 g/mol. The number of phosphoric ester groups is 1. The fourth-order valence-electron chi connectivity index (χ4n) is 7.30. The number of nitrogens with zero attached hydrogens (tertiary/aromatic N) is 6. The zero-order valence-corrected chi connectivity index (χ0v) is 42.1. The molecule has 3 aromatic heterocycles. The second kappa shape index (κ2) is 21.6. The standard InChI is InChI=1S/C45H39ClF10N7O8PS2/c1-42(2,73(4)69)15-14-28-10-11-29(39(57-28)32(18-24-16-26(47)20-27(48)17-24)58-36(64)22-61-35(43(3,49)50)21-34(59-61)45(54,55)56)30-12-13-31(46)38-40(30)62(23-44(51,52)53)60-41(38)63(74(5)70)37(65)19-25-8-6-7-9-33(25)71-72(66,67)68/h6-13,16-17,20-21,32H,18-19,22-23H2,1-5H3,(H,58,64)(H2,66,67,68). The van der Waals surface area contributed by atoms with Gasteiger partial charge in [0.15, 0.2) is 11.5 Å². The molecule has 396 valence electrons. The second-order valence-electron chi connectivity index (χ2n) is 16.8. The molecule has 0 radical (unpaired) electrons. The summed E-state index contributed by atoms with van der Waals surface area (Å²) in [7, 11) is -9.30. The Kier molecular flexibility index (Phi) is 16.7. The van der Waals surface area contributed by atoms with Crippen LogP contribution in [-0.4, -0.2) is 78.0 Å². The molecule has 6 rings (SSSR count). The number of halogens is 11. The molecule has 0 spiro atoms. The first-order valence-electron chi connectivity index (χ1n) is 21.0. The maximum absolute atomic E-state index is 14.8. The first-order chi connectivity index (χ1) is 34.1. The van der Waals surface area contributed by atoms with Crippen molar-refractivity contribution in [2.75, 3.05) is 16.8 Å². The van der Waals surface area contributed by atoms with E-state index in [1.165, 1.54) is 50.4 Å². The number of hydrogen-bond acceptors (Lipinski definition) is 9. The molecule has 0 aliphatic rings. The van der Waals surface area contributed by atoms with Gasteiger partial charge in [-0.15, -0.1) is 0 Å². The van der Waals surface area contributed by atoms with Gasteiger partial charge in [-0.3, -0.25) is 32.9 Å². The highest BCUT2D eigenvalue weighted by Crippen LogP contribution is 2.44. The highest BCUT2D eigenvalue weighted by Gasteiger charge is 2.40. The number of nitrogens with one attached hydrogen (secondary N) is 1. The number of phosphoric acid groups is 1. The minimum Gasteiger partial charge on any atom is -0.404 e. The Balaban J connectivity index is 1.63. The highest BCUT2D eigenvalue weighted by molar-refractivity contribution is 7.86. The number of pyridine rings is 1. The van der Waals surface area contributed by atoms with Gasteiger partial charge in [-0.2, -0.15) is 45.3 Å². The number of amides is 2. The molecule has 3 N–H and O–H groups in total. The molecule has 0 saturated carbocycles. The number of alkyl halides is 8. The van der Waals surface area contributed by atoms with E-state index < -0.39 is 153 Å². The average molecular weight is 1130 g/mol. The summed E-state index contributed by atoms with van der Waals surface area (Å²) in [4.78, 5) is 51.7. The summed E-state index contributed by atoms with van der Waals surface area (Å²) in [5.74, 6) is -4.50. The fourth-order valence-corrected chi connectivity index (χ4v) is 8.89. The van der Waals surface area contributed by atoms with Crippen LogP contribution >= 0.6 is 19.4 Å². The van der Waals surface area contributed by atoms with Crippen LogP contribution < -0.4 is 14.1 Å². The molecule has 0 bridgehead atoms. The number of fused-ring (bicyclic) bond motifs is 1. The molecule has 15 nitrogen and oxygen atoms in total. The normalized spacial score (nSPS) is 13.8. The van der Waals surface area contributed by atoms with Gasteiger partial charge in [0.2, 0.25) is 11.8 Å². The quantitative estimate of drug-likeness (QED) is 0.0475. The van der Waals surface area contributed by atoms with Crippen LogP contribution in [0.25, 0.3) is 22.0 Å². The van der Waals surface area contributed by atoms with Crippen molar-refractivity contribution in [1.29, 1.82) is 0 Å². The first kappa shape index (κ1) is 57.1. The lowest BCUT2D eigenvalue weighted by Crippen LogP contribution is -2.35. The zero-order chi connectivity index (χ0) is 55.0. The molecule has 3 atom stereocenters. The van der Waals surface area contributed by atoms with Gasteiger partial charge in [0.25, 0.3) is 5.92 Å². The summed E-state index contributed by atoms with van der Waals surface area (Å²) in [5, 5.41) is 8.81. The van der Waals surface area contributed by atoms with Gasteiger partial charge in [-0.25, -0.2) is 26.8 Å². The largest absolute Gasteiger partial charge is 0.524 e. The smallest absolute Gasteiger partial charge is 0.404 e. The second-order valence-corrected chi connectivity index (χ2v) is 21.5. The molecule has 0 aliphatic heterocycles. The summed E-state index contributed by atoms with van der Waals surface area (Å²) in [6, 6.07) is 10.1. The minimum atomic E-state index is -5.25. The Hall–Kier alpha value is -6.17. The molecule has 6 aromatic rings. The lowest BCUT2D eigenvalue weighted by molar-refractivity contribution is -0.142. The fraction of sp³-hybridized carbons (Fsp3) is 0.311. The zero-order valence-electron chi connectivity index (χ0n) is 38.8. The van der Waals surface area contributed by atoms with E-state index in [1.54, 1.807) is 0 Å². The number of carbonyl (C=O) groups is 2. The lowest BCUT2D eigenvalue weighted by atomic mass is 9.93. The topological polar surface area (TPSA) is 199 Å². The summed E-state index contributed by atoms with van der Waals surface area (Å²) < 4.78 is 186. The van der Waals surface area contributed by atoms with Gasteiger partial charge in [-0.1, -0.05) is 41.8 Å². The maximum atomic E-state index is 14.8. The predicted octanol–water partition coefficient (Wildman–Crippen LogP) is 8.87. The molecular weight excluding hydrogens is 1090 g/mol. The minimum absolute atomic E-state index is 0.0274. The van der Waals surface area contributed by atoms with Crippen LogP contribution in [0, 0.1) is 23.5 Å². The van der Waals surface area contributed by atoms with Gasteiger partial charge in [-0.05, 0) is 74.2 Å². The van der Waals surface area contributed by atoms with Crippen LogP contribution in [0.4, 0.5) is 49.7 Å². The van der Waals surface area contributed by atoms with E-state index >= 15 is 0 Å². The van der Waals surface area contributed by atoms with E-state index in [0.29, 0.717) is 15.1 Å². The van der Waals surface area contributed by atoms with Gasteiger partial charge in [0.1, 0.15) is 57.6 Å². The van der Waals surface area contributed by atoms with Crippen molar-refractivity contribution in [1.82, 2.24) is 29.9 Å². The third-order valence-corrected chi connectivity index (χ3v) is 13.8. The molecule has 0 saturated heterocycles. The molecule has 3 unspecified atom stereocenters. The van der Waals surface area contributed by atoms with Crippen molar-refractivity contribution in [3.63, 3.8) is 0 Å². The number of benzene rings is 3. The van der Waals surface area contributed by atoms with Crippen LogP contribution in [0.1, 0.15) is 60.7 Å². The summed E-state index contributed by atoms with van der Waals surface area (Å²) >= 11 is 6.72. The molecule has 0 fully saturated rings. The van der Waals surface area contributed by atoms with Gasteiger partial charge >= 0.3 is 20.2 Å². The van der Waals surface area contributed by atoms with Crippen LogP contribution in [-0.2, 0) is 74.0 Å². The van der Waals surface area contributed by atoms with E-state index in [1.807, 2.05) is 0 Å². The van der Waals surface area contributed by atoms with E-state index in [2.05, 4.69) is 32.3 Å². The summed E-state index contributed by atoms with van der Waals surface area (Å²) in [5.41, 5.74) is -5.19. The number of anilines is 1. The Morgan fingerprint density at radius 3 is 2.11 bits per heavy atom. The SMILES string of the molecule is CS(=O)N(C(=O)Cc1ccccc1OP(=O)(O)O)c1nn(CC(F)(F)F)c2c(-c3ccc(C#CC(C)(C)S(C)=O)nc3C(Cc3cc(F)cc(F)c3)NC(=O)Cn3nc(C(F)(F)F)cc3C(C)(F)F)ccc(Cl)c12. The van der Waals surface area contributed by atoms with Gasteiger partial charge in [0.05, 0.1) is 34.1 Å². The highest BCUT2D eigenvalue weighted by atomic mass is 35.5. The average Bonchev–Trinajstić information content (AvgIpc) is 3.85. The van der Waals surface area contributed by atoms with Gasteiger partial charge in [0, 0.05) is 53.0 Å². The van der Waals surface area contributed by atoms with Crippen molar-refractivity contribution in [2.24, 2.45) is 0 Å². The molecule has 2 amide bonds. The van der Waals surface area contributed by atoms with Crippen LogP contribution in [0.15, 0.2) is 72.8 Å². The number of para-hydroxylation sites is 1. The molecule has 29 heteroatoms. The van der Waals surface area contributed by atoms with E-state index in [4.69, 9.17) is 16.1 Å². The van der Waals surface area contributed by atoms with E-state index in [-0.39, 0.29) is 45.6 Å². The van der Waals surface area contributed by atoms with Crippen molar-refractivity contribution >= 4 is 69.7 Å². The van der Waals surface area contributed by atoms with Crippen molar-refractivity contribution in [2.45, 2.75) is 75.8 Å². The molecule has 3 aromatic carbocycles. The summed E-state index contributed by atoms with van der Waals surface area (Å²) in [6.07, 6.45) is -9.57. The van der Waals surface area contributed by atoms with Gasteiger partial charge < -0.3 is 9.84 Å². The van der Waals surface area contributed by atoms with E-state index in [9.17, 15) is 76.3 Å². The molecule has 0 aliphatic carbocycles. The molecule has 3 heterocycles. The number of hydrogen-bond donors (Lipinski definition) is 3. The third-order valence-electron chi connectivity index (χ3n) is 10.6. The van der Waals surface area contributed by atoms with Crippen molar-refractivity contribution < 1.29 is 80.8 Å². The lowest BCUT2D eigenvalue weighted by Gasteiger charge is -2.23. The Morgan fingerprint density at radius 2 is 1.53 bits per heavy atom. The molecule has 74 heavy (non-hydrogen) atoms. The maximum Gasteiger partial charge on any atom is 0.524 e. The van der Waals surface area contributed by atoms with Crippen LogP contribution in [0.3, 0.4) is 0 Å². The number of aromatic nitrogens is 5. The Bertz CT molecular complexity index is 3310. The van der Waals surface area contributed by atoms with Crippen molar-refractivity contribution in [3.8, 4) is 28.7 Å². The van der Waals surface area contributed by atoms with Crippen molar-refractivity contribution in [3.05, 3.63) is 123 Å². The van der Waals surface area contributed by atoms with Crippen LogP contribution in [0.5, 0.6) is 5.75 Å². The van der Waals surface area contributed by atoms with Crippen LogP contribution in [0.2, 0.25) is 5.02 Å². The molecular formula is C45H39ClF10N7O8PS2. The first-order valence-corrected chi connectivity index (χ1v) is 26.0. The summed E-state index contributed by atoms with van der Waals surface area (Å²) in [6.45, 7) is 0.0000211. The van der Waals surface area contributed by atoms with E-state index in [0.717, 1.165) is 36.6 Å². The predicted molar refractivity (Wildman–Crippen MR) is 251 cm³/mol. The number of rotatable bonds is 16. The third kappa shape index (κ3) is 14.0.